The summed E-state index contributed by atoms with van der Waals surface area (Å²) in [6.07, 6.45) is 0.697. The van der Waals surface area contributed by atoms with E-state index in [0.29, 0.717) is 43.9 Å². The Hall–Kier alpha value is -2.42. The number of carbonyl (C=O) groups excluding carboxylic acids is 1. The monoisotopic (exact) mass is 446 g/mol. The lowest BCUT2D eigenvalue weighted by Gasteiger charge is -2.27. The van der Waals surface area contributed by atoms with Gasteiger partial charge in [0.2, 0.25) is 10.0 Å². The number of rotatable bonds is 7. The largest absolute Gasteiger partial charge is 0.496 e. The lowest BCUT2D eigenvalue weighted by Crippen LogP contribution is -2.41. The zero-order valence-corrected chi connectivity index (χ0v) is 19.3. The number of sulfonamides is 1. The van der Waals surface area contributed by atoms with Crippen LogP contribution in [0.4, 0.5) is 0 Å². The smallest absolute Gasteiger partial charge is 0.251 e. The van der Waals surface area contributed by atoms with Crippen molar-refractivity contribution in [1.82, 2.24) is 9.62 Å². The number of aryl methyl sites for hydroxylation is 2. The Morgan fingerprint density at radius 2 is 1.84 bits per heavy atom. The quantitative estimate of drug-likeness (QED) is 0.706. The SMILES string of the molecule is CCC(NC(=O)c1ccc(C)c(S(=O)(=O)N2CCOCC2)c1)c1ccc(OC)c(C)c1. The van der Waals surface area contributed by atoms with Crippen molar-refractivity contribution >= 4 is 15.9 Å². The molecule has 1 aliphatic heterocycles. The molecule has 2 aromatic carbocycles. The molecule has 1 saturated heterocycles. The van der Waals surface area contributed by atoms with Crippen LogP contribution in [0.5, 0.6) is 5.75 Å². The third-order valence-corrected chi connectivity index (χ3v) is 7.61. The third-order valence-electron chi connectivity index (χ3n) is 5.57. The first-order valence-electron chi connectivity index (χ1n) is 10.4. The highest BCUT2D eigenvalue weighted by Crippen LogP contribution is 2.26. The Kier molecular flexibility index (Phi) is 7.35. The lowest BCUT2D eigenvalue weighted by atomic mass is 10.0. The summed E-state index contributed by atoms with van der Waals surface area (Å²) in [4.78, 5) is 13.2. The number of benzene rings is 2. The molecule has 1 unspecified atom stereocenters. The normalized spacial score (nSPS) is 16.0. The van der Waals surface area contributed by atoms with Gasteiger partial charge in [-0.05, 0) is 55.2 Å². The Morgan fingerprint density at radius 3 is 2.45 bits per heavy atom. The van der Waals surface area contributed by atoms with Crippen molar-refractivity contribution in [3.63, 3.8) is 0 Å². The molecule has 3 rings (SSSR count). The van der Waals surface area contributed by atoms with Crippen LogP contribution in [0.15, 0.2) is 41.3 Å². The van der Waals surface area contributed by atoms with E-state index in [1.807, 2.05) is 32.0 Å². The van der Waals surface area contributed by atoms with Crippen LogP contribution in [0.1, 0.15) is 46.4 Å². The highest BCUT2D eigenvalue weighted by Gasteiger charge is 2.28. The summed E-state index contributed by atoms with van der Waals surface area (Å²) >= 11 is 0. The number of hydrogen-bond acceptors (Lipinski definition) is 5. The summed E-state index contributed by atoms with van der Waals surface area (Å²) in [5, 5.41) is 3.03. The molecule has 1 heterocycles. The van der Waals surface area contributed by atoms with Gasteiger partial charge in [0.15, 0.2) is 0 Å². The summed E-state index contributed by atoms with van der Waals surface area (Å²) < 4.78 is 38.2. The summed E-state index contributed by atoms with van der Waals surface area (Å²) in [5.74, 6) is 0.486. The first-order valence-corrected chi connectivity index (χ1v) is 11.9. The first kappa shape index (κ1) is 23.2. The Balaban J connectivity index is 1.84. The number of amides is 1. The maximum atomic E-state index is 13.1. The van der Waals surface area contributed by atoms with Crippen LogP contribution in [0.25, 0.3) is 0 Å². The number of methoxy groups -OCH3 is 1. The van der Waals surface area contributed by atoms with Crippen molar-refractivity contribution < 1.29 is 22.7 Å². The van der Waals surface area contributed by atoms with Crippen molar-refractivity contribution in [1.29, 1.82) is 0 Å². The van der Waals surface area contributed by atoms with Gasteiger partial charge in [0.25, 0.3) is 5.91 Å². The molecule has 1 fully saturated rings. The van der Waals surface area contributed by atoms with E-state index < -0.39 is 10.0 Å². The molecule has 0 aromatic heterocycles. The molecule has 0 bridgehead atoms. The standard InChI is InChI=1S/C23H30N2O5S/c1-5-20(18-8-9-21(29-4)17(3)14-18)24-23(26)19-7-6-16(2)22(15-19)31(27,28)25-10-12-30-13-11-25/h6-9,14-15,20H,5,10-13H2,1-4H3,(H,24,26). The van der Waals surface area contributed by atoms with Crippen LogP contribution in [0.2, 0.25) is 0 Å². The van der Waals surface area contributed by atoms with Gasteiger partial charge in [-0.25, -0.2) is 8.42 Å². The molecule has 1 amide bonds. The molecule has 168 valence electrons. The van der Waals surface area contributed by atoms with E-state index >= 15 is 0 Å². The Labute approximate surface area is 184 Å². The summed E-state index contributed by atoms with van der Waals surface area (Å²) in [5.41, 5.74) is 2.89. The molecular weight excluding hydrogens is 416 g/mol. The molecule has 1 aliphatic rings. The van der Waals surface area contributed by atoms with E-state index in [4.69, 9.17) is 9.47 Å². The first-order chi connectivity index (χ1) is 14.8. The van der Waals surface area contributed by atoms with E-state index in [9.17, 15) is 13.2 Å². The van der Waals surface area contributed by atoms with Gasteiger partial charge < -0.3 is 14.8 Å². The minimum absolute atomic E-state index is 0.162. The second-order valence-electron chi connectivity index (χ2n) is 7.66. The van der Waals surface area contributed by atoms with E-state index in [2.05, 4.69) is 5.32 Å². The number of nitrogens with zero attached hydrogens (tertiary/aromatic N) is 1. The highest BCUT2D eigenvalue weighted by atomic mass is 32.2. The van der Waals surface area contributed by atoms with Gasteiger partial charge in [0.05, 0.1) is 31.3 Å². The van der Waals surface area contributed by atoms with Gasteiger partial charge >= 0.3 is 0 Å². The number of carbonyl (C=O) groups is 1. The van der Waals surface area contributed by atoms with Crippen molar-refractivity contribution in [2.24, 2.45) is 0 Å². The van der Waals surface area contributed by atoms with Crippen LogP contribution >= 0.6 is 0 Å². The van der Waals surface area contributed by atoms with Crippen molar-refractivity contribution in [2.45, 2.75) is 38.1 Å². The van der Waals surface area contributed by atoms with Gasteiger partial charge in [-0.2, -0.15) is 4.31 Å². The second kappa shape index (κ2) is 9.80. The fraction of sp³-hybridized carbons (Fsp3) is 0.435. The molecule has 1 N–H and O–H groups in total. The van der Waals surface area contributed by atoms with Crippen LogP contribution < -0.4 is 10.1 Å². The maximum Gasteiger partial charge on any atom is 0.251 e. The minimum Gasteiger partial charge on any atom is -0.496 e. The average molecular weight is 447 g/mol. The molecule has 1 atom stereocenters. The fourth-order valence-corrected chi connectivity index (χ4v) is 5.39. The zero-order chi connectivity index (χ0) is 22.6. The van der Waals surface area contributed by atoms with E-state index in [0.717, 1.165) is 16.9 Å². The van der Waals surface area contributed by atoms with Gasteiger partial charge in [0, 0.05) is 18.7 Å². The van der Waals surface area contributed by atoms with Crippen LogP contribution in [-0.2, 0) is 14.8 Å². The zero-order valence-electron chi connectivity index (χ0n) is 18.5. The van der Waals surface area contributed by atoms with Crippen LogP contribution in [0.3, 0.4) is 0 Å². The van der Waals surface area contributed by atoms with E-state index in [1.54, 1.807) is 26.2 Å². The summed E-state index contributed by atoms with van der Waals surface area (Å²) in [7, 11) is -2.06. The predicted octanol–water partition coefficient (Wildman–Crippen LogP) is 3.21. The second-order valence-corrected chi connectivity index (χ2v) is 9.57. The van der Waals surface area contributed by atoms with Gasteiger partial charge in [-0.1, -0.05) is 25.1 Å². The lowest BCUT2D eigenvalue weighted by molar-refractivity contribution is 0.0730. The third kappa shape index (κ3) is 5.08. The number of morpholine rings is 1. The van der Waals surface area contributed by atoms with Crippen LogP contribution in [-0.4, -0.2) is 52.0 Å². The van der Waals surface area contributed by atoms with E-state index in [-0.39, 0.29) is 16.8 Å². The fourth-order valence-electron chi connectivity index (χ4n) is 3.73. The van der Waals surface area contributed by atoms with E-state index in [1.165, 1.54) is 10.4 Å². The molecule has 0 radical (unpaired) electrons. The number of ether oxygens (including phenoxy) is 2. The number of nitrogens with one attached hydrogen (secondary N) is 1. The molecule has 31 heavy (non-hydrogen) atoms. The molecule has 0 aliphatic carbocycles. The summed E-state index contributed by atoms with van der Waals surface area (Å²) in [6, 6.07) is 10.4. The summed E-state index contributed by atoms with van der Waals surface area (Å²) in [6.45, 7) is 7.06. The molecule has 0 spiro atoms. The van der Waals surface area contributed by atoms with Crippen molar-refractivity contribution in [2.75, 3.05) is 33.4 Å². The minimum atomic E-state index is -3.69. The van der Waals surface area contributed by atoms with Crippen LogP contribution in [0, 0.1) is 13.8 Å². The van der Waals surface area contributed by atoms with Crippen molar-refractivity contribution in [3.05, 3.63) is 58.7 Å². The maximum absolute atomic E-state index is 13.1. The Morgan fingerprint density at radius 1 is 1.13 bits per heavy atom. The topological polar surface area (TPSA) is 84.9 Å². The Bertz CT molecular complexity index is 1050. The molecule has 7 nitrogen and oxygen atoms in total. The van der Waals surface area contributed by atoms with Crippen molar-refractivity contribution in [3.8, 4) is 5.75 Å². The van der Waals surface area contributed by atoms with Gasteiger partial charge in [-0.3, -0.25) is 4.79 Å². The van der Waals surface area contributed by atoms with Gasteiger partial charge in [-0.15, -0.1) is 0 Å². The molecular formula is C23H30N2O5S. The molecule has 2 aromatic rings. The van der Waals surface area contributed by atoms with Gasteiger partial charge in [0.1, 0.15) is 5.75 Å². The molecule has 0 saturated carbocycles. The predicted molar refractivity (Wildman–Crippen MR) is 119 cm³/mol. The average Bonchev–Trinajstić information content (AvgIpc) is 2.78. The molecule has 8 heteroatoms. The number of hydrogen-bond donors (Lipinski definition) is 1. The highest BCUT2D eigenvalue weighted by molar-refractivity contribution is 7.89.